The van der Waals surface area contributed by atoms with Crippen LogP contribution in [0.15, 0.2) is 18.2 Å². The maximum atomic E-state index is 11.5. The Kier molecular flexibility index (Phi) is 2.52. The number of carboxylic acids is 1. The highest BCUT2D eigenvalue weighted by Gasteiger charge is 2.20. The monoisotopic (exact) mass is 221 g/mol. The predicted molar refractivity (Wildman–Crippen MR) is 56.9 cm³/mol. The van der Waals surface area contributed by atoms with E-state index in [2.05, 4.69) is 0 Å². The van der Waals surface area contributed by atoms with E-state index >= 15 is 0 Å². The van der Waals surface area contributed by atoms with Gasteiger partial charge in [-0.25, -0.2) is 4.79 Å². The van der Waals surface area contributed by atoms with Crippen LogP contribution in [0.2, 0.25) is 0 Å². The molecule has 1 aliphatic rings. The molecule has 0 saturated heterocycles. The highest BCUT2D eigenvalue weighted by Crippen LogP contribution is 2.31. The highest BCUT2D eigenvalue weighted by molar-refractivity contribution is 5.96. The fourth-order valence-electron chi connectivity index (χ4n) is 1.59. The van der Waals surface area contributed by atoms with Gasteiger partial charge in [-0.3, -0.25) is 4.79 Å². The van der Waals surface area contributed by atoms with Crippen LogP contribution < -0.4 is 9.64 Å². The van der Waals surface area contributed by atoms with E-state index < -0.39 is 5.97 Å². The molecule has 5 heteroatoms. The van der Waals surface area contributed by atoms with Crippen LogP contribution in [0.25, 0.3) is 0 Å². The Labute approximate surface area is 92.2 Å². The Balaban J connectivity index is 2.47. The van der Waals surface area contributed by atoms with Crippen LogP contribution in [0.3, 0.4) is 0 Å². The molecule has 0 fully saturated rings. The van der Waals surface area contributed by atoms with Crippen LogP contribution in [0.1, 0.15) is 16.8 Å². The third-order valence-corrected chi connectivity index (χ3v) is 2.52. The number of ether oxygens (including phenoxy) is 1. The molecule has 0 saturated carbocycles. The Bertz CT molecular complexity index is 455. The van der Waals surface area contributed by atoms with Crippen LogP contribution in [-0.4, -0.2) is 30.6 Å². The highest BCUT2D eigenvalue weighted by atomic mass is 16.5. The van der Waals surface area contributed by atoms with Gasteiger partial charge in [0.25, 0.3) is 0 Å². The van der Waals surface area contributed by atoms with Crippen molar-refractivity contribution in [2.45, 2.75) is 6.42 Å². The van der Waals surface area contributed by atoms with Gasteiger partial charge in [-0.15, -0.1) is 0 Å². The fourth-order valence-corrected chi connectivity index (χ4v) is 1.59. The summed E-state index contributed by atoms with van der Waals surface area (Å²) in [5.41, 5.74) is 0.758. The zero-order valence-corrected chi connectivity index (χ0v) is 8.77. The van der Waals surface area contributed by atoms with Crippen molar-refractivity contribution in [1.82, 2.24) is 0 Å². The summed E-state index contributed by atoms with van der Waals surface area (Å²) in [4.78, 5) is 23.8. The van der Waals surface area contributed by atoms with Crippen LogP contribution in [0.4, 0.5) is 5.69 Å². The van der Waals surface area contributed by atoms with Crippen molar-refractivity contribution in [2.24, 2.45) is 0 Å². The van der Waals surface area contributed by atoms with Crippen molar-refractivity contribution in [2.75, 3.05) is 18.6 Å². The van der Waals surface area contributed by atoms with Crippen LogP contribution in [0, 0.1) is 0 Å². The second-order valence-electron chi connectivity index (χ2n) is 3.54. The van der Waals surface area contributed by atoms with Gasteiger partial charge < -0.3 is 14.7 Å². The van der Waals surface area contributed by atoms with Gasteiger partial charge in [0.15, 0.2) is 0 Å². The number of carbonyl (C=O) groups is 2. The number of anilines is 1. The number of rotatable bonds is 1. The first-order chi connectivity index (χ1) is 7.59. The van der Waals surface area contributed by atoms with Gasteiger partial charge in [-0.05, 0) is 18.2 Å². The topological polar surface area (TPSA) is 66.8 Å². The molecule has 0 spiro atoms. The first-order valence-electron chi connectivity index (χ1n) is 4.86. The largest absolute Gasteiger partial charge is 0.491 e. The van der Waals surface area contributed by atoms with Gasteiger partial charge in [0.2, 0.25) is 5.91 Å². The second-order valence-corrected chi connectivity index (χ2v) is 3.54. The Hall–Kier alpha value is -2.04. The molecule has 0 unspecified atom stereocenters. The van der Waals surface area contributed by atoms with Crippen LogP contribution in [-0.2, 0) is 4.79 Å². The van der Waals surface area contributed by atoms with Gasteiger partial charge in [0.1, 0.15) is 5.75 Å². The summed E-state index contributed by atoms with van der Waals surface area (Å²) in [6.07, 6.45) is 0.299. The second kappa shape index (κ2) is 3.84. The number of benzene rings is 1. The average molecular weight is 221 g/mol. The minimum atomic E-state index is -1.01. The van der Waals surface area contributed by atoms with Crippen molar-refractivity contribution < 1.29 is 19.4 Å². The lowest BCUT2D eigenvalue weighted by Gasteiger charge is -2.16. The molecule has 0 aromatic heterocycles. The molecule has 1 amide bonds. The first kappa shape index (κ1) is 10.5. The molecule has 16 heavy (non-hydrogen) atoms. The smallest absolute Gasteiger partial charge is 0.335 e. The molecular formula is C11H11NO4. The molecule has 1 heterocycles. The number of amides is 1. The first-order valence-corrected chi connectivity index (χ1v) is 4.86. The average Bonchev–Trinajstić information content (AvgIpc) is 2.40. The van der Waals surface area contributed by atoms with Gasteiger partial charge in [0, 0.05) is 7.05 Å². The van der Waals surface area contributed by atoms with Crippen molar-refractivity contribution in [3.05, 3.63) is 23.8 Å². The molecule has 0 atom stereocenters. The number of aromatic carboxylic acids is 1. The summed E-state index contributed by atoms with van der Waals surface area (Å²) >= 11 is 0. The van der Waals surface area contributed by atoms with Crippen molar-refractivity contribution in [1.29, 1.82) is 0 Å². The molecule has 2 rings (SSSR count). The number of fused-ring (bicyclic) bond motifs is 1. The van der Waals surface area contributed by atoms with Gasteiger partial charge >= 0.3 is 5.97 Å². The number of nitrogens with zero attached hydrogens (tertiary/aromatic N) is 1. The third kappa shape index (κ3) is 1.71. The summed E-state index contributed by atoms with van der Waals surface area (Å²) < 4.78 is 5.35. The molecule has 5 nitrogen and oxygen atoms in total. The van der Waals surface area contributed by atoms with E-state index in [0.29, 0.717) is 17.9 Å². The lowest BCUT2D eigenvalue weighted by atomic mass is 10.2. The van der Waals surface area contributed by atoms with Gasteiger partial charge in [0.05, 0.1) is 24.3 Å². The number of hydrogen-bond acceptors (Lipinski definition) is 3. The van der Waals surface area contributed by atoms with E-state index in [4.69, 9.17) is 9.84 Å². The molecule has 0 aliphatic carbocycles. The van der Waals surface area contributed by atoms with E-state index in [1.165, 1.54) is 17.0 Å². The molecule has 1 aromatic carbocycles. The van der Waals surface area contributed by atoms with E-state index in [-0.39, 0.29) is 18.1 Å². The van der Waals surface area contributed by atoms with Crippen LogP contribution >= 0.6 is 0 Å². The van der Waals surface area contributed by atoms with Crippen molar-refractivity contribution >= 4 is 17.6 Å². The molecule has 1 aromatic rings. The van der Waals surface area contributed by atoms with Crippen LogP contribution in [0.5, 0.6) is 5.75 Å². The predicted octanol–water partition coefficient (Wildman–Crippen LogP) is 1.13. The Morgan fingerprint density at radius 1 is 1.50 bits per heavy atom. The van der Waals surface area contributed by atoms with E-state index in [9.17, 15) is 9.59 Å². The summed E-state index contributed by atoms with van der Waals surface area (Å²) in [6, 6.07) is 4.48. The maximum absolute atomic E-state index is 11.5. The summed E-state index contributed by atoms with van der Waals surface area (Å²) in [5.74, 6) is -0.611. The zero-order valence-electron chi connectivity index (χ0n) is 8.77. The fraction of sp³-hybridized carbons (Fsp3) is 0.273. The molecular weight excluding hydrogens is 210 g/mol. The van der Waals surface area contributed by atoms with E-state index in [0.717, 1.165) is 0 Å². The molecule has 0 radical (unpaired) electrons. The van der Waals surface area contributed by atoms with Crippen molar-refractivity contribution in [3.63, 3.8) is 0 Å². The standard InChI is InChI=1S/C11H11NO4/c1-12-8-3-2-7(11(14)15)6-9(8)16-5-4-10(12)13/h2-3,6H,4-5H2,1H3,(H,14,15). The normalized spacial score (nSPS) is 15.1. The molecule has 0 bridgehead atoms. The SMILES string of the molecule is CN1C(=O)CCOc2cc(C(=O)O)ccc21. The zero-order chi connectivity index (χ0) is 11.7. The van der Waals surface area contributed by atoms with E-state index in [1.807, 2.05) is 0 Å². The summed E-state index contributed by atoms with van der Waals surface area (Å²) in [5, 5.41) is 8.84. The minimum absolute atomic E-state index is 0.0400. The molecule has 84 valence electrons. The summed E-state index contributed by atoms with van der Waals surface area (Å²) in [7, 11) is 1.65. The number of carboxylic acid groups (broad SMARTS) is 1. The lowest BCUT2D eigenvalue weighted by Crippen LogP contribution is -2.25. The minimum Gasteiger partial charge on any atom is -0.491 e. The molecule has 1 aliphatic heterocycles. The maximum Gasteiger partial charge on any atom is 0.335 e. The molecule has 1 N–H and O–H groups in total. The van der Waals surface area contributed by atoms with Gasteiger partial charge in [-0.1, -0.05) is 0 Å². The summed E-state index contributed by atoms with van der Waals surface area (Å²) in [6.45, 7) is 0.277. The van der Waals surface area contributed by atoms with Crippen molar-refractivity contribution in [3.8, 4) is 5.75 Å². The lowest BCUT2D eigenvalue weighted by molar-refractivity contribution is -0.118. The quantitative estimate of drug-likeness (QED) is 0.771. The van der Waals surface area contributed by atoms with E-state index in [1.54, 1.807) is 13.1 Å². The van der Waals surface area contributed by atoms with Gasteiger partial charge in [-0.2, -0.15) is 0 Å². The number of carbonyl (C=O) groups excluding carboxylic acids is 1. The number of hydrogen-bond donors (Lipinski definition) is 1. The Morgan fingerprint density at radius 3 is 2.94 bits per heavy atom. The third-order valence-electron chi connectivity index (χ3n) is 2.52. The Morgan fingerprint density at radius 2 is 2.25 bits per heavy atom.